The van der Waals surface area contributed by atoms with Gasteiger partial charge in [0.25, 0.3) is 0 Å². The Morgan fingerprint density at radius 1 is 1.12 bits per heavy atom. The summed E-state index contributed by atoms with van der Waals surface area (Å²) >= 11 is 0. The van der Waals surface area contributed by atoms with E-state index >= 15 is 0 Å². The van der Waals surface area contributed by atoms with Crippen LogP contribution in [-0.2, 0) is 14.9 Å². The van der Waals surface area contributed by atoms with Gasteiger partial charge in [0.1, 0.15) is 17.1 Å². The monoisotopic (exact) mass is 557 g/mol. The van der Waals surface area contributed by atoms with E-state index < -0.39 is 17.1 Å². The third-order valence-electron chi connectivity index (χ3n) is 9.97. The van der Waals surface area contributed by atoms with Crippen LogP contribution in [0.5, 0.6) is 11.5 Å². The lowest BCUT2D eigenvalue weighted by Gasteiger charge is -2.52. The van der Waals surface area contributed by atoms with Crippen LogP contribution in [0.3, 0.4) is 0 Å². The van der Waals surface area contributed by atoms with Crippen molar-refractivity contribution in [2.75, 3.05) is 32.9 Å². The Balaban J connectivity index is 1.70. The molecular formula is C33H51NO6. The fourth-order valence-corrected chi connectivity index (χ4v) is 7.41. The zero-order valence-corrected chi connectivity index (χ0v) is 25.3. The minimum absolute atomic E-state index is 0.0114. The quantitative estimate of drug-likeness (QED) is 0.209. The number of fused-ring (bicyclic) bond motifs is 3. The Bertz CT molecular complexity index is 1070. The average Bonchev–Trinajstić information content (AvgIpc) is 2.91. The molecule has 0 bridgehead atoms. The fourth-order valence-electron chi connectivity index (χ4n) is 7.41. The number of hydrogen-bond donors (Lipinski definition) is 3. The van der Waals surface area contributed by atoms with Crippen molar-refractivity contribution in [2.24, 2.45) is 5.92 Å². The van der Waals surface area contributed by atoms with Crippen LogP contribution >= 0.6 is 0 Å². The number of carbonyl (C=O) groups is 1. The molecule has 0 aromatic heterocycles. The minimum Gasteiger partial charge on any atom is -0.508 e. The van der Waals surface area contributed by atoms with Gasteiger partial charge >= 0.3 is 5.97 Å². The molecule has 40 heavy (non-hydrogen) atoms. The van der Waals surface area contributed by atoms with Crippen molar-refractivity contribution in [2.45, 2.75) is 115 Å². The summed E-state index contributed by atoms with van der Waals surface area (Å²) < 4.78 is 12.2. The normalized spacial score (nSPS) is 24.3. The summed E-state index contributed by atoms with van der Waals surface area (Å²) in [5.74, 6) is 0.351. The number of aliphatic carboxylic acids is 1. The smallest absolute Gasteiger partial charge is 0.303 e. The SMILES string of the molecule is CCCCCCC(C)(C)c1cc(O)c2c(c1)OC(C)(C)[C@H]1CC=C(C(CO)(CCC(=O)O)N3CCOCC3)CC21. The molecule has 0 saturated carbocycles. The minimum atomic E-state index is -0.861. The summed E-state index contributed by atoms with van der Waals surface area (Å²) in [6, 6.07) is 4.09. The number of morpholine rings is 1. The van der Waals surface area contributed by atoms with Gasteiger partial charge in [-0.3, -0.25) is 9.69 Å². The molecule has 2 heterocycles. The van der Waals surface area contributed by atoms with E-state index in [-0.39, 0.29) is 36.0 Å². The highest BCUT2D eigenvalue weighted by Gasteiger charge is 2.50. The third-order valence-corrected chi connectivity index (χ3v) is 9.97. The second-order valence-corrected chi connectivity index (χ2v) is 13.4. The van der Waals surface area contributed by atoms with E-state index in [4.69, 9.17) is 9.47 Å². The van der Waals surface area contributed by atoms with E-state index in [9.17, 15) is 20.1 Å². The van der Waals surface area contributed by atoms with Gasteiger partial charge in [-0.2, -0.15) is 0 Å². The number of benzene rings is 1. The van der Waals surface area contributed by atoms with Gasteiger partial charge in [-0.15, -0.1) is 0 Å². The van der Waals surface area contributed by atoms with E-state index in [0.717, 1.165) is 41.7 Å². The summed E-state index contributed by atoms with van der Waals surface area (Å²) in [5.41, 5.74) is 1.75. The van der Waals surface area contributed by atoms with E-state index in [0.29, 0.717) is 39.1 Å². The second-order valence-electron chi connectivity index (χ2n) is 13.4. The van der Waals surface area contributed by atoms with Gasteiger partial charge in [-0.1, -0.05) is 58.1 Å². The number of unbranched alkanes of at least 4 members (excludes halogenated alkanes) is 3. The van der Waals surface area contributed by atoms with Crippen LogP contribution in [0, 0.1) is 5.92 Å². The number of aliphatic hydroxyl groups excluding tert-OH is 1. The molecule has 1 aliphatic carbocycles. The number of aliphatic hydroxyl groups is 1. The number of hydrogen-bond acceptors (Lipinski definition) is 6. The first-order chi connectivity index (χ1) is 18.9. The summed E-state index contributed by atoms with van der Waals surface area (Å²) in [4.78, 5) is 13.9. The number of allylic oxidation sites excluding steroid dienone is 1. The highest BCUT2D eigenvalue weighted by molar-refractivity contribution is 5.67. The van der Waals surface area contributed by atoms with Crippen LogP contribution in [-0.4, -0.2) is 70.2 Å². The van der Waals surface area contributed by atoms with Gasteiger partial charge < -0.3 is 24.8 Å². The summed E-state index contributed by atoms with van der Waals surface area (Å²) in [7, 11) is 0. The molecule has 0 amide bonds. The Morgan fingerprint density at radius 2 is 1.85 bits per heavy atom. The number of nitrogens with zero attached hydrogens (tertiary/aromatic N) is 1. The molecule has 0 radical (unpaired) electrons. The second kappa shape index (κ2) is 12.4. The van der Waals surface area contributed by atoms with E-state index in [1.165, 1.54) is 19.3 Å². The van der Waals surface area contributed by atoms with Crippen LogP contribution in [0.4, 0.5) is 0 Å². The molecule has 2 aliphatic heterocycles. The maximum absolute atomic E-state index is 11.7. The van der Waals surface area contributed by atoms with Crippen molar-refractivity contribution in [3.8, 4) is 11.5 Å². The number of aromatic hydroxyl groups is 1. The largest absolute Gasteiger partial charge is 0.508 e. The summed E-state index contributed by atoms with van der Waals surface area (Å²) in [6.07, 6.45) is 9.82. The summed E-state index contributed by atoms with van der Waals surface area (Å²) in [6.45, 7) is 13.3. The molecule has 3 N–H and O–H groups in total. The zero-order valence-electron chi connectivity index (χ0n) is 25.3. The Labute approximate surface area is 240 Å². The van der Waals surface area contributed by atoms with Crippen molar-refractivity contribution in [1.82, 2.24) is 4.90 Å². The number of phenolic OH excluding ortho intramolecular Hbond substituents is 1. The lowest BCUT2D eigenvalue weighted by Crippen LogP contribution is -2.58. The predicted octanol–water partition coefficient (Wildman–Crippen LogP) is 6.16. The van der Waals surface area contributed by atoms with Gasteiger partial charge in [0, 0.05) is 36.9 Å². The number of phenols is 1. The maximum atomic E-state index is 11.7. The molecule has 4 rings (SSSR count). The molecule has 1 aromatic carbocycles. The van der Waals surface area contributed by atoms with Crippen LogP contribution < -0.4 is 4.74 Å². The first kappa shape index (κ1) is 30.9. The van der Waals surface area contributed by atoms with E-state index in [2.05, 4.69) is 51.7 Å². The molecule has 1 fully saturated rings. The molecule has 0 spiro atoms. The van der Waals surface area contributed by atoms with Crippen LogP contribution in [0.25, 0.3) is 0 Å². The van der Waals surface area contributed by atoms with Crippen molar-refractivity contribution in [3.63, 3.8) is 0 Å². The zero-order chi connectivity index (χ0) is 29.1. The van der Waals surface area contributed by atoms with Crippen molar-refractivity contribution < 1.29 is 29.6 Å². The number of carboxylic acid groups (broad SMARTS) is 1. The lowest BCUT2D eigenvalue weighted by molar-refractivity contribution is -0.138. The average molecular weight is 558 g/mol. The first-order valence-electron chi connectivity index (χ1n) is 15.4. The molecule has 1 saturated heterocycles. The number of ether oxygens (including phenoxy) is 2. The van der Waals surface area contributed by atoms with Crippen molar-refractivity contribution in [1.29, 1.82) is 0 Å². The van der Waals surface area contributed by atoms with Crippen molar-refractivity contribution >= 4 is 5.97 Å². The topological polar surface area (TPSA) is 99.5 Å². The number of rotatable bonds is 12. The molecule has 7 heteroatoms. The fraction of sp³-hybridized carbons (Fsp3) is 0.727. The Kier molecular flexibility index (Phi) is 9.58. The molecule has 3 atom stereocenters. The van der Waals surface area contributed by atoms with Crippen LogP contribution in [0.15, 0.2) is 23.8 Å². The summed E-state index contributed by atoms with van der Waals surface area (Å²) in [5, 5.41) is 32.0. The highest BCUT2D eigenvalue weighted by Crippen LogP contribution is 2.56. The van der Waals surface area contributed by atoms with Gasteiger partial charge in [0.15, 0.2) is 0 Å². The van der Waals surface area contributed by atoms with Gasteiger partial charge in [-0.05, 0) is 62.6 Å². The van der Waals surface area contributed by atoms with E-state index in [1.54, 1.807) is 0 Å². The molecular weight excluding hydrogens is 506 g/mol. The highest BCUT2D eigenvalue weighted by atomic mass is 16.5. The predicted molar refractivity (Wildman–Crippen MR) is 157 cm³/mol. The molecule has 2 unspecified atom stereocenters. The van der Waals surface area contributed by atoms with Gasteiger partial charge in [0.05, 0.1) is 25.4 Å². The van der Waals surface area contributed by atoms with Gasteiger partial charge in [0.2, 0.25) is 0 Å². The maximum Gasteiger partial charge on any atom is 0.303 e. The standard InChI is InChI=1S/C33H51NO6/c1-6-7-8-9-13-31(2,3)24-20-27(36)30-25-19-23(10-11-26(25)32(4,5)40-28(30)21-24)33(22-35,14-12-29(37)38)34-15-17-39-18-16-34/h10,20-21,25-26,35-36H,6-9,11-19,22H2,1-5H3,(H,37,38)/t25?,26-,33?/m0/s1. The first-order valence-corrected chi connectivity index (χ1v) is 15.4. The van der Waals surface area contributed by atoms with Crippen LogP contribution in [0.1, 0.15) is 109 Å². The molecule has 1 aromatic rings. The van der Waals surface area contributed by atoms with Crippen LogP contribution in [0.2, 0.25) is 0 Å². The molecule has 3 aliphatic rings. The van der Waals surface area contributed by atoms with Gasteiger partial charge in [-0.25, -0.2) is 0 Å². The molecule has 7 nitrogen and oxygen atoms in total. The lowest BCUT2D eigenvalue weighted by atomic mass is 9.63. The Hall–Kier alpha value is -2.09. The molecule has 224 valence electrons. The third kappa shape index (κ3) is 6.22. The number of carboxylic acids is 1. The van der Waals surface area contributed by atoms with Crippen molar-refractivity contribution in [3.05, 3.63) is 34.9 Å². The Morgan fingerprint density at radius 3 is 2.50 bits per heavy atom. The van der Waals surface area contributed by atoms with E-state index in [1.807, 2.05) is 6.07 Å².